The van der Waals surface area contributed by atoms with E-state index in [1.165, 1.54) is 0 Å². The minimum Gasteiger partial charge on any atom is -0.348 e. The fourth-order valence-electron chi connectivity index (χ4n) is 2.24. The van der Waals surface area contributed by atoms with Gasteiger partial charge in [0.15, 0.2) is 0 Å². The van der Waals surface area contributed by atoms with Gasteiger partial charge >= 0.3 is 0 Å². The Kier molecular flexibility index (Phi) is 4.02. The van der Waals surface area contributed by atoms with Crippen molar-refractivity contribution in [3.05, 3.63) is 16.1 Å². The minimum atomic E-state index is -0.641. The van der Waals surface area contributed by atoms with Crippen LogP contribution >= 0.6 is 11.3 Å². The van der Waals surface area contributed by atoms with Crippen molar-refractivity contribution in [2.75, 3.05) is 0 Å². The largest absolute Gasteiger partial charge is 0.348 e. The minimum absolute atomic E-state index is 0.0266. The summed E-state index contributed by atoms with van der Waals surface area (Å²) in [5, 5.41) is 5.93. The number of hydrogen-bond donors (Lipinski definition) is 2. The molecule has 3 N–H and O–H groups in total. The second-order valence-electron chi connectivity index (χ2n) is 5.37. The van der Waals surface area contributed by atoms with Gasteiger partial charge in [0, 0.05) is 5.38 Å². The van der Waals surface area contributed by atoms with E-state index < -0.39 is 5.54 Å². The van der Waals surface area contributed by atoms with Gasteiger partial charge in [0.2, 0.25) is 5.91 Å². The third-order valence-corrected chi connectivity index (χ3v) is 4.38. The molecule has 0 spiro atoms. The van der Waals surface area contributed by atoms with E-state index in [0.29, 0.717) is 12.5 Å². The number of amides is 1. The van der Waals surface area contributed by atoms with Crippen LogP contribution in [0.3, 0.4) is 0 Å². The summed E-state index contributed by atoms with van der Waals surface area (Å²) in [6.45, 7) is 4.73. The van der Waals surface area contributed by atoms with Gasteiger partial charge in [0.25, 0.3) is 0 Å². The van der Waals surface area contributed by atoms with Crippen molar-refractivity contribution < 1.29 is 4.79 Å². The number of rotatable bonds is 4. The predicted molar refractivity (Wildman–Crippen MR) is 73.4 cm³/mol. The Hall–Kier alpha value is -0.940. The van der Waals surface area contributed by atoms with Crippen molar-refractivity contribution in [2.24, 2.45) is 5.73 Å². The Balaban J connectivity index is 1.89. The lowest BCUT2D eigenvalue weighted by atomic mass is 9.98. The lowest BCUT2D eigenvalue weighted by Crippen LogP contribution is -2.51. The summed E-state index contributed by atoms with van der Waals surface area (Å²) in [6, 6.07) is 0. The van der Waals surface area contributed by atoms with Crippen LogP contribution in [0.15, 0.2) is 5.38 Å². The maximum atomic E-state index is 12.0. The second kappa shape index (κ2) is 5.36. The van der Waals surface area contributed by atoms with Gasteiger partial charge < -0.3 is 11.1 Å². The molecule has 5 heteroatoms. The van der Waals surface area contributed by atoms with Crippen molar-refractivity contribution in [1.82, 2.24) is 10.3 Å². The molecule has 0 unspecified atom stereocenters. The first-order valence-corrected chi connectivity index (χ1v) is 7.41. The van der Waals surface area contributed by atoms with Gasteiger partial charge in [-0.25, -0.2) is 4.98 Å². The van der Waals surface area contributed by atoms with Crippen molar-refractivity contribution in [1.29, 1.82) is 0 Å². The molecule has 2 rings (SSSR count). The normalized spacial score (nSPS) is 18.2. The summed E-state index contributed by atoms with van der Waals surface area (Å²) in [5.41, 5.74) is 6.54. The smallest absolute Gasteiger partial charge is 0.240 e. The molecule has 1 aromatic rings. The van der Waals surface area contributed by atoms with Crippen LogP contribution in [0.1, 0.15) is 56.2 Å². The molecule has 1 fully saturated rings. The lowest BCUT2D eigenvalue weighted by molar-refractivity contribution is -0.126. The van der Waals surface area contributed by atoms with Gasteiger partial charge in [-0.1, -0.05) is 26.7 Å². The molecule has 100 valence electrons. The Morgan fingerprint density at radius 3 is 2.78 bits per heavy atom. The van der Waals surface area contributed by atoms with E-state index in [0.717, 1.165) is 36.4 Å². The Bertz CT molecular complexity index is 422. The topological polar surface area (TPSA) is 68.0 Å². The molecule has 0 radical (unpaired) electrons. The highest BCUT2D eigenvalue weighted by Crippen LogP contribution is 2.27. The van der Waals surface area contributed by atoms with E-state index >= 15 is 0 Å². The molecule has 4 nitrogen and oxygen atoms in total. The number of carbonyl (C=O) groups is 1. The monoisotopic (exact) mass is 267 g/mol. The molecule has 18 heavy (non-hydrogen) atoms. The summed E-state index contributed by atoms with van der Waals surface area (Å²) >= 11 is 1.59. The standard InChI is InChI=1S/C13H21N3OS/c1-9(2)10-8-18-11(16-10)7-15-12(17)13(14)5-3-4-6-13/h8-9H,3-7,14H2,1-2H3,(H,15,17). The highest BCUT2D eigenvalue weighted by atomic mass is 32.1. The average molecular weight is 267 g/mol. The molecular formula is C13H21N3OS. The van der Waals surface area contributed by atoms with Crippen molar-refractivity contribution in [3.8, 4) is 0 Å². The molecule has 1 aliphatic carbocycles. The Morgan fingerprint density at radius 1 is 1.56 bits per heavy atom. The maximum absolute atomic E-state index is 12.0. The van der Waals surface area contributed by atoms with E-state index in [1.54, 1.807) is 11.3 Å². The van der Waals surface area contributed by atoms with E-state index in [-0.39, 0.29) is 5.91 Å². The van der Waals surface area contributed by atoms with E-state index in [9.17, 15) is 4.79 Å². The first kappa shape index (κ1) is 13.5. The number of carbonyl (C=O) groups excluding carboxylic acids is 1. The summed E-state index contributed by atoms with van der Waals surface area (Å²) in [5.74, 6) is 0.405. The predicted octanol–water partition coefficient (Wildman–Crippen LogP) is 2.15. The summed E-state index contributed by atoms with van der Waals surface area (Å²) < 4.78 is 0. The number of nitrogens with one attached hydrogen (secondary N) is 1. The molecule has 1 saturated carbocycles. The highest BCUT2D eigenvalue weighted by molar-refractivity contribution is 7.09. The van der Waals surface area contributed by atoms with Crippen LogP contribution in [0.2, 0.25) is 0 Å². The van der Waals surface area contributed by atoms with Crippen molar-refractivity contribution in [3.63, 3.8) is 0 Å². The number of hydrogen-bond acceptors (Lipinski definition) is 4. The third kappa shape index (κ3) is 2.90. The van der Waals surface area contributed by atoms with Gasteiger partial charge in [-0.05, 0) is 18.8 Å². The first-order chi connectivity index (χ1) is 8.51. The van der Waals surface area contributed by atoms with Gasteiger partial charge in [0.1, 0.15) is 5.01 Å². The van der Waals surface area contributed by atoms with Crippen LogP contribution in [0, 0.1) is 0 Å². The van der Waals surface area contributed by atoms with Gasteiger partial charge in [-0.15, -0.1) is 11.3 Å². The number of thiazole rings is 1. The molecule has 1 aliphatic rings. The molecule has 1 heterocycles. The molecule has 0 aliphatic heterocycles. The van der Waals surface area contributed by atoms with Gasteiger partial charge in [0.05, 0.1) is 17.8 Å². The number of nitrogens with zero attached hydrogens (tertiary/aromatic N) is 1. The van der Waals surface area contributed by atoms with Crippen molar-refractivity contribution >= 4 is 17.2 Å². The zero-order chi connectivity index (χ0) is 13.2. The molecular weight excluding hydrogens is 246 g/mol. The van der Waals surface area contributed by atoms with Crippen LogP contribution < -0.4 is 11.1 Å². The van der Waals surface area contributed by atoms with E-state index in [1.807, 2.05) is 0 Å². The van der Waals surface area contributed by atoms with E-state index in [4.69, 9.17) is 5.73 Å². The van der Waals surface area contributed by atoms with Gasteiger partial charge in [-0.3, -0.25) is 4.79 Å². The maximum Gasteiger partial charge on any atom is 0.240 e. The molecule has 0 aromatic carbocycles. The van der Waals surface area contributed by atoms with Crippen LogP contribution in [0.5, 0.6) is 0 Å². The highest BCUT2D eigenvalue weighted by Gasteiger charge is 2.36. The van der Waals surface area contributed by atoms with Crippen LogP contribution in [0.4, 0.5) is 0 Å². The zero-order valence-electron chi connectivity index (χ0n) is 11.0. The average Bonchev–Trinajstić information content (AvgIpc) is 2.95. The Morgan fingerprint density at radius 2 is 2.22 bits per heavy atom. The number of nitrogens with two attached hydrogens (primary N) is 1. The third-order valence-electron chi connectivity index (χ3n) is 3.51. The van der Waals surface area contributed by atoms with Gasteiger partial charge in [-0.2, -0.15) is 0 Å². The molecule has 1 aromatic heterocycles. The summed E-state index contributed by atoms with van der Waals surface area (Å²) in [4.78, 5) is 16.5. The quantitative estimate of drug-likeness (QED) is 0.878. The first-order valence-electron chi connectivity index (χ1n) is 6.53. The lowest BCUT2D eigenvalue weighted by Gasteiger charge is -2.21. The fourth-order valence-corrected chi connectivity index (χ4v) is 3.13. The SMILES string of the molecule is CC(C)c1csc(CNC(=O)C2(N)CCCC2)n1. The van der Waals surface area contributed by atoms with Crippen LogP contribution in [-0.2, 0) is 11.3 Å². The fraction of sp³-hybridized carbons (Fsp3) is 0.692. The molecule has 0 atom stereocenters. The Labute approximate surface area is 112 Å². The van der Waals surface area contributed by atoms with Crippen LogP contribution in [0.25, 0.3) is 0 Å². The van der Waals surface area contributed by atoms with E-state index in [2.05, 4.69) is 29.5 Å². The van der Waals surface area contributed by atoms with Crippen molar-refractivity contribution in [2.45, 2.75) is 57.5 Å². The number of aromatic nitrogens is 1. The molecule has 1 amide bonds. The summed E-state index contributed by atoms with van der Waals surface area (Å²) in [6.07, 6.45) is 3.71. The second-order valence-corrected chi connectivity index (χ2v) is 6.31. The zero-order valence-corrected chi connectivity index (χ0v) is 11.8. The molecule has 0 saturated heterocycles. The summed E-state index contributed by atoms with van der Waals surface area (Å²) in [7, 11) is 0. The van der Waals surface area contributed by atoms with Crippen LogP contribution in [-0.4, -0.2) is 16.4 Å². The molecule has 0 bridgehead atoms.